The second kappa shape index (κ2) is 6.53. The molecular formula is C3H8NaO5S2-. The van der Waals surface area contributed by atoms with E-state index in [9.17, 15) is 17.2 Å². The molecule has 0 rings (SSSR count). The fraction of sp³-hybridized carbons (Fsp3) is 1.00. The van der Waals surface area contributed by atoms with Crippen LogP contribution in [0.2, 0.25) is 0 Å². The van der Waals surface area contributed by atoms with Gasteiger partial charge >= 0.3 is 29.6 Å². The third-order valence-corrected chi connectivity index (χ3v) is 2.80. The fourth-order valence-corrected chi connectivity index (χ4v) is 1.82. The Labute approximate surface area is 91.9 Å². The van der Waals surface area contributed by atoms with Crippen LogP contribution in [0, 0.1) is 0 Å². The number of rotatable bonds is 4. The van der Waals surface area contributed by atoms with Crippen LogP contribution in [-0.4, -0.2) is 22.9 Å². The van der Waals surface area contributed by atoms with Gasteiger partial charge in [-0.15, -0.1) is 0 Å². The first kappa shape index (κ1) is 14.5. The van der Waals surface area contributed by atoms with Gasteiger partial charge in [-0.3, -0.25) is 0 Å². The van der Waals surface area contributed by atoms with E-state index in [-0.39, 0.29) is 36.7 Å². The van der Waals surface area contributed by atoms with Gasteiger partial charge in [-0.1, -0.05) is 6.92 Å². The Morgan fingerprint density at radius 3 is 2.36 bits per heavy atom. The molecule has 0 bridgehead atoms. The minimum Gasteiger partial charge on any atom is -1.00 e. The van der Waals surface area contributed by atoms with E-state index < -0.39 is 21.5 Å². The zero-order valence-electron chi connectivity index (χ0n) is 7.27. The molecule has 0 aromatic carbocycles. The predicted molar refractivity (Wildman–Crippen MR) is 35.2 cm³/mol. The van der Waals surface area contributed by atoms with Crippen molar-refractivity contribution < 1.29 is 51.8 Å². The van der Waals surface area contributed by atoms with E-state index >= 15 is 0 Å². The second-order valence-corrected chi connectivity index (χ2v) is 4.01. The SMILES string of the molecule is CCCS(=O)(=O)OS(=O)[O-].[H-].[Na+]. The Bertz CT molecular complexity index is 215. The minimum absolute atomic E-state index is 0. The molecule has 0 saturated carbocycles. The Balaban J connectivity index is -0.000000405. The largest absolute Gasteiger partial charge is 1.00 e. The van der Waals surface area contributed by atoms with Crippen LogP contribution in [0.25, 0.3) is 0 Å². The van der Waals surface area contributed by atoms with Crippen molar-refractivity contribution in [3.63, 3.8) is 0 Å². The van der Waals surface area contributed by atoms with Crippen molar-refractivity contribution in [3.8, 4) is 0 Å². The van der Waals surface area contributed by atoms with Crippen LogP contribution in [-0.2, 0) is 25.1 Å². The predicted octanol–water partition coefficient (Wildman–Crippen LogP) is -3.35. The van der Waals surface area contributed by atoms with Gasteiger partial charge < -0.3 is 5.98 Å². The quantitative estimate of drug-likeness (QED) is 0.358. The van der Waals surface area contributed by atoms with E-state index in [1.54, 1.807) is 6.92 Å². The van der Waals surface area contributed by atoms with Crippen LogP contribution < -0.4 is 29.6 Å². The van der Waals surface area contributed by atoms with Gasteiger partial charge in [0.05, 0.1) is 5.75 Å². The molecule has 0 amide bonds. The summed E-state index contributed by atoms with van der Waals surface area (Å²) in [5, 5.41) is 0. The molecule has 0 spiro atoms. The molecule has 64 valence electrons. The summed E-state index contributed by atoms with van der Waals surface area (Å²) in [5.74, 6) is -0.277. The van der Waals surface area contributed by atoms with Crippen LogP contribution in [0.1, 0.15) is 14.8 Å². The van der Waals surface area contributed by atoms with Gasteiger partial charge in [-0.25, -0.2) is 4.21 Å². The Kier molecular flexibility index (Phi) is 8.63. The maximum atomic E-state index is 10.4. The normalized spacial score (nSPS) is 13.6. The summed E-state index contributed by atoms with van der Waals surface area (Å²) in [7, 11) is -3.84. The molecule has 0 aliphatic rings. The maximum Gasteiger partial charge on any atom is 1.00 e. The summed E-state index contributed by atoms with van der Waals surface area (Å²) in [6.07, 6.45) is 0.333. The van der Waals surface area contributed by atoms with Gasteiger partial charge in [0, 0.05) is 0 Å². The summed E-state index contributed by atoms with van der Waals surface area (Å²) < 4.78 is 43.8. The van der Waals surface area contributed by atoms with Crippen LogP contribution in [0.4, 0.5) is 0 Å². The van der Waals surface area contributed by atoms with E-state index in [1.807, 2.05) is 0 Å². The molecule has 1 unspecified atom stereocenters. The van der Waals surface area contributed by atoms with Crippen molar-refractivity contribution in [1.29, 1.82) is 0 Å². The second-order valence-electron chi connectivity index (χ2n) is 1.53. The molecule has 0 fully saturated rings. The van der Waals surface area contributed by atoms with E-state index in [0.717, 1.165) is 0 Å². The first-order valence-corrected chi connectivity index (χ1v) is 5.07. The van der Waals surface area contributed by atoms with Crippen LogP contribution in [0.15, 0.2) is 0 Å². The molecule has 0 aromatic heterocycles. The van der Waals surface area contributed by atoms with Crippen LogP contribution in [0.5, 0.6) is 0 Å². The molecule has 8 heteroatoms. The fourth-order valence-electron chi connectivity index (χ4n) is 0.369. The summed E-state index contributed by atoms with van der Waals surface area (Å²) >= 11 is -2.97. The van der Waals surface area contributed by atoms with E-state index in [1.165, 1.54) is 0 Å². The molecule has 0 aliphatic carbocycles. The Morgan fingerprint density at radius 2 is 2.09 bits per heavy atom. The zero-order chi connectivity index (χ0) is 8.20. The van der Waals surface area contributed by atoms with Crippen molar-refractivity contribution in [2.45, 2.75) is 13.3 Å². The van der Waals surface area contributed by atoms with E-state index in [0.29, 0.717) is 6.42 Å². The smallest absolute Gasteiger partial charge is 1.00 e. The van der Waals surface area contributed by atoms with Crippen molar-refractivity contribution in [3.05, 3.63) is 0 Å². The molecule has 0 aliphatic heterocycles. The van der Waals surface area contributed by atoms with E-state index in [2.05, 4.69) is 3.63 Å². The van der Waals surface area contributed by atoms with Gasteiger partial charge in [-0.2, -0.15) is 12.0 Å². The molecule has 0 N–H and O–H groups in total. The monoisotopic (exact) mass is 211 g/mol. The molecule has 5 nitrogen and oxygen atoms in total. The van der Waals surface area contributed by atoms with Crippen molar-refractivity contribution in [2.75, 3.05) is 5.75 Å². The molecule has 0 heterocycles. The molecule has 0 radical (unpaired) electrons. The summed E-state index contributed by atoms with van der Waals surface area (Å²) in [5.41, 5.74) is 0. The molecule has 0 aromatic rings. The van der Waals surface area contributed by atoms with Gasteiger partial charge in [-0.05, 0) is 6.42 Å². The van der Waals surface area contributed by atoms with Crippen molar-refractivity contribution in [2.24, 2.45) is 0 Å². The molecule has 1 atom stereocenters. The van der Waals surface area contributed by atoms with E-state index in [4.69, 9.17) is 0 Å². The van der Waals surface area contributed by atoms with Gasteiger partial charge in [0.1, 0.15) is 11.4 Å². The average molecular weight is 211 g/mol. The Hall–Kier alpha value is 1.02. The number of hydrogen-bond donors (Lipinski definition) is 0. The summed E-state index contributed by atoms with van der Waals surface area (Å²) in [6, 6.07) is 0. The first-order chi connectivity index (χ1) is 4.48. The van der Waals surface area contributed by atoms with Gasteiger partial charge in [0.2, 0.25) is 0 Å². The molecule has 0 saturated heterocycles. The first-order valence-electron chi connectivity index (χ1n) is 2.50. The third kappa shape index (κ3) is 8.93. The Morgan fingerprint density at radius 1 is 1.64 bits per heavy atom. The third-order valence-electron chi connectivity index (χ3n) is 0.613. The summed E-state index contributed by atoms with van der Waals surface area (Å²) in [6.45, 7) is 1.61. The molecule has 11 heavy (non-hydrogen) atoms. The van der Waals surface area contributed by atoms with Gasteiger partial charge in [0.25, 0.3) is 10.1 Å². The zero-order valence-corrected chi connectivity index (χ0v) is 9.90. The minimum atomic E-state index is -3.84. The maximum absolute atomic E-state index is 10.4. The van der Waals surface area contributed by atoms with Crippen LogP contribution in [0.3, 0.4) is 0 Å². The summed E-state index contributed by atoms with van der Waals surface area (Å²) in [4.78, 5) is 0. The number of hydrogen-bond acceptors (Lipinski definition) is 5. The van der Waals surface area contributed by atoms with Crippen LogP contribution >= 0.6 is 0 Å². The standard InChI is InChI=1S/C3H8O5S2.Na.H/c1-2-3-10(6,7)8-9(4)5;;/h2-3H2,1H3,(H,4,5);;/q;+1;-1/p-1. The topological polar surface area (TPSA) is 83.5 Å². The van der Waals surface area contributed by atoms with Crippen molar-refractivity contribution >= 4 is 21.5 Å². The van der Waals surface area contributed by atoms with Gasteiger partial charge in [0.15, 0.2) is 0 Å². The molecular weight excluding hydrogens is 203 g/mol. The van der Waals surface area contributed by atoms with Crippen molar-refractivity contribution in [1.82, 2.24) is 0 Å². The average Bonchev–Trinajstić information content (AvgIpc) is 1.59.